The van der Waals surface area contributed by atoms with Crippen molar-refractivity contribution < 1.29 is 22.4 Å². The largest absolute Gasteiger partial charge is 0.417 e. The molecule has 0 saturated heterocycles. The van der Waals surface area contributed by atoms with Gasteiger partial charge in [-0.25, -0.2) is 4.39 Å². The van der Waals surface area contributed by atoms with Gasteiger partial charge in [-0.3, -0.25) is 9.78 Å². The van der Waals surface area contributed by atoms with Gasteiger partial charge in [-0.15, -0.1) is 0 Å². The number of Topliss-reactive ketones (excluding diaryl/α,β-unsaturated/α-hetero) is 1. The maximum absolute atomic E-state index is 13.6. The summed E-state index contributed by atoms with van der Waals surface area (Å²) in [6, 6.07) is 0.471. The van der Waals surface area contributed by atoms with Crippen LogP contribution in [0.5, 0.6) is 0 Å². The van der Waals surface area contributed by atoms with E-state index in [1.165, 1.54) is 0 Å². The molecule has 0 aromatic carbocycles. The summed E-state index contributed by atoms with van der Waals surface area (Å²) < 4.78 is 50.6. The molecule has 0 bridgehead atoms. The number of halogens is 4. The highest BCUT2D eigenvalue weighted by Gasteiger charge is 2.33. The van der Waals surface area contributed by atoms with Crippen molar-refractivity contribution in [2.24, 2.45) is 0 Å². The van der Waals surface area contributed by atoms with Gasteiger partial charge in [0.15, 0.2) is 0 Å². The van der Waals surface area contributed by atoms with Crippen molar-refractivity contribution >= 4 is 5.78 Å². The molecular weight excluding hydrogens is 250 g/mol. The minimum absolute atomic E-state index is 0.0375. The lowest BCUT2D eigenvalue weighted by atomic mass is 9.85. The number of nitrogens with zero attached hydrogens (tertiary/aromatic N) is 1. The Labute approximate surface area is 101 Å². The SMILES string of the molecule is O=C1CCC(c2ncc(C(F)(F)F)cc2F)CC1. The molecule has 2 nitrogen and oxygen atoms in total. The van der Waals surface area contributed by atoms with E-state index in [0.717, 1.165) is 0 Å². The van der Waals surface area contributed by atoms with E-state index in [2.05, 4.69) is 4.98 Å². The van der Waals surface area contributed by atoms with Gasteiger partial charge in [-0.1, -0.05) is 0 Å². The Hall–Kier alpha value is -1.46. The van der Waals surface area contributed by atoms with E-state index in [-0.39, 0.29) is 17.4 Å². The summed E-state index contributed by atoms with van der Waals surface area (Å²) in [5.41, 5.74) is -1.05. The van der Waals surface area contributed by atoms with Crippen molar-refractivity contribution in [2.75, 3.05) is 0 Å². The highest BCUT2D eigenvalue weighted by molar-refractivity contribution is 5.79. The van der Waals surface area contributed by atoms with Crippen molar-refractivity contribution in [1.82, 2.24) is 4.98 Å². The van der Waals surface area contributed by atoms with Gasteiger partial charge < -0.3 is 0 Å². The lowest BCUT2D eigenvalue weighted by Crippen LogP contribution is -2.16. The number of carbonyl (C=O) groups excluding carboxylic acids is 1. The molecule has 0 radical (unpaired) electrons. The molecule has 1 aromatic rings. The first-order valence-corrected chi connectivity index (χ1v) is 5.62. The normalized spacial score (nSPS) is 18.1. The van der Waals surface area contributed by atoms with Crippen LogP contribution in [0.2, 0.25) is 0 Å². The van der Waals surface area contributed by atoms with E-state index >= 15 is 0 Å². The molecule has 1 aromatic heterocycles. The van der Waals surface area contributed by atoms with Crippen LogP contribution in [0.3, 0.4) is 0 Å². The molecule has 1 saturated carbocycles. The van der Waals surface area contributed by atoms with Gasteiger partial charge in [0.1, 0.15) is 11.6 Å². The number of rotatable bonds is 1. The van der Waals surface area contributed by atoms with Crippen molar-refractivity contribution in [1.29, 1.82) is 0 Å². The first kappa shape index (κ1) is 13.0. The quantitative estimate of drug-likeness (QED) is 0.724. The van der Waals surface area contributed by atoms with E-state index in [1.54, 1.807) is 0 Å². The van der Waals surface area contributed by atoms with Crippen molar-refractivity contribution in [3.8, 4) is 0 Å². The van der Waals surface area contributed by atoms with Gasteiger partial charge >= 0.3 is 6.18 Å². The number of aromatic nitrogens is 1. The van der Waals surface area contributed by atoms with Gasteiger partial charge in [0.2, 0.25) is 0 Å². The van der Waals surface area contributed by atoms with Crippen LogP contribution in [0, 0.1) is 5.82 Å². The number of carbonyl (C=O) groups is 1. The van der Waals surface area contributed by atoms with Crippen molar-refractivity contribution in [2.45, 2.75) is 37.8 Å². The lowest BCUT2D eigenvalue weighted by molar-refractivity contribution is -0.138. The van der Waals surface area contributed by atoms with Gasteiger partial charge in [0.25, 0.3) is 0 Å². The third-order valence-electron chi connectivity index (χ3n) is 3.13. The number of hydrogen-bond acceptors (Lipinski definition) is 2. The van der Waals surface area contributed by atoms with Gasteiger partial charge in [-0.05, 0) is 18.9 Å². The lowest BCUT2D eigenvalue weighted by Gasteiger charge is -2.21. The van der Waals surface area contributed by atoms with Gasteiger partial charge in [0.05, 0.1) is 11.3 Å². The average molecular weight is 261 g/mol. The summed E-state index contributed by atoms with van der Waals surface area (Å²) in [5, 5.41) is 0. The average Bonchev–Trinajstić information content (AvgIpc) is 2.29. The number of alkyl halides is 3. The molecule has 0 aliphatic heterocycles. The smallest absolute Gasteiger partial charge is 0.300 e. The van der Waals surface area contributed by atoms with Gasteiger partial charge in [0, 0.05) is 25.0 Å². The summed E-state index contributed by atoms with van der Waals surface area (Å²) in [5.74, 6) is -1.09. The third kappa shape index (κ3) is 2.68. The Morgan fingerprint density at radius 3 is 2.33 bits per heavy atom. The number of pyridine rings is 1. The minimum Gasteiger partial charge on any atom is -0.300 e. The standard InChI is InChI=1S/C12H11F4NO/c13-10-5-8(12(14,15)16)6-17-11(10)7-1-3-9(18)4-2-7/h5-7H,1-4H2. The summed E-state index contributed by atoms with van der Waals surface area (Å²) in [7, 11) is 0. The van der Waals surface area contributed by atoms with Crippen LogP contribution in [0.25, 0.3) is 0 Å². The van der Waals surface area contributed by atoms with E-state index in [1.807, 2.05) is 0 Å². The fourth-order valence-corrected chi connectivity index (χ4v) is 2.12. The monoisotopic (exact) mass is 261 g/mol. The van der Waals surface area contributed by atoms with E-state index in [0.29, 0.717) is 37.9 Å². The Morgan fingerprint density at radius 2 is 1.83 bits per heavy atom. The number of ketones is 1. The Morgan fingerprint density at radius 1 is 1.22 bits per heavy atom. The van der Waals surface area contributed by atoms with Crippen molar-refractivity contribution in [3.63, 3.8) is 0 Å². The van der Waals surface area contributed by atoms with Crippen LogP contribution in [0.15, 0.2) is 12.3 Å². The highest BCUT2D eigenvalue weighted by Crippen LogP contribution is 2.34. The zero-order chi connectivity index (χ0) is 13.3. The molecular formula is C12H11F4NO. The zero-order valence-corrected chi connectivity index (χ0v) is 9.43. The molecule has 1 aliphatic carbocycles. The van der Waals surface area contributed by atoms with Crippen LogP contribution in [0.4, 0.5) is 17.6 Å². The van der Waals surface area contributed by atoms with Crippen LogP contribution >= 0.6 is 0 Å². The zero-order valence-electron chi connectivity index (χ0n) is 9.43. The van der Waals surface area contributed by atoms with Crippen molar-refractivity contribution in [3.05, 3.63) is 29.3 Å². The Bertz CT molecular complexity index is 460. The first-order valence-electron chi connectivity index (χ1n) is 5.62. The molecule has 98 valence electrons. The second-order valence-corrected chi connectivity index (χ2v) is 4.40. The summed E-state index contributed by atoms with van der Waals surface area (Å²) in [4.78, 5) is 14.6. The molecule has 0 spiro atoms. The fraction of sp³-hybridized carbons (Fsp3) is 0.500. The fourth-order valence-electron chi connectivity index (χ4n) is 2.12. The Balaban J connectivity index is 2.22. The molecule has 0 unspecified atom stereocenters. The van der Waals surface area contributed by atoms with E-state index in [9.17, 15) is 22.4 Å². The van der Waals surface area contributed by atoms with Crippen LogP contribution in [0.1, 0.15) is 42.9 Å². The van der Waals surface area contributed by atoms with Crippen LogP contribution < -0.4 is 0 Å². The van der Waals surface area contributed by atoms with Crippen LogP contribution in [-0.2, 0) is 11.0 Å². The molecule has 1 aliphatic rings. The molecule has 18 heavy (non-hydrogen) atoms. The topological polar surface area (TPSA) is 30.0 Å². The van der Waals surface area contributed by atoms with Gasteiger partial charge in [-0.2, -0.15) is 13.2 Å². The summed E-state index contributed by atoms with van der Waals surface area (Å²) in [6.07, 6.45) is -2.36. The predicted octanol–water partition coefficient (Wildman–Crippen LogP) is 3.47. The molecule has 0 atom stereocenters. The third-order valence-corrected chi connectivity index (χ3v) is 3.13. The maximum atomic E-state index is 13.6. The van der Waals surface area contributed by atoms with Crippen LogP contribution in [-0.4, -0.2) is 10.8 Å². The molecule has 0 amide bonds. The number of hydrogen-bond donors (Lipinski definition) is 0. The van der Waals surface area contributed by atoms with E-state index in [4.69, 9.17) is 0 Å². The molecule has 2 rings (SSSR count). The molecule has 1 fully saturated rings. The molecule has 1 heterocycles. The second kappa shape index (κ2) is 4.66. The summed E-state index contributed by atoms with van der Waals surface area (Å²) >= 11 is 0. The molecule has 6 heteroatoms. The van der Waals surface area contributed by atoms with E-state index < -0.39 is 17.6 Å². The second-order valence-electron chi connectivity index (χ2n) is 4.40. The maximum Gasteiger partial charge on any atom is 0.417 e. The minimum atomic E-state index is -4.59. The predicted molar refractivity (Wildman–Crippen MR) is 55.4 cm³/mol. The first-order chi connectivity index (χ1) is 8.38. The molecule has 0 N–H and O–H groups in total. The highest BCUT2D eigenvalue weighted by atomic mass is 19.4. The Kier molecular flexibility index (Phi) is 3.36. The summed E-state index contributed by atoms with van der Waals surface area (Å²) in [6.45, 7) is 0.